The second-order valence-corrected chi connectivity index (χ2v) is 11.5. The van der Waals surface area contributed by atoms with Gasteiger partial charge in [0.05, 0.1) is 18.8 Å². The molecule has 2 aliphatic heterocycles. The van der Waals surface area contributed by atoms with E-state index in [9.17, 15) is 9.59 Å². The maximum absolute atomic E-state index is 14.4. The molecular weight excluding hydrogens is 512 g/mol. The van der Waals surface area contributed by atoms with E-state index in [2.05, 4.69) is 47.7 Å². The number of aromatic nitrogens is 1. The van der Waals surface area contributed by atoms with Crippen molar-refractivity contribution < 1.29 is 14.3 Å². The minimum Gasteiger partial charge on any atom is -0.495 e. The molecule has 3 heterocycles. The average Bonchev–Trinajstić information content (AvgIpc) is 3.49. The minimum absolute atomic E-state index is 0.0322. The fraction of sp³-hybridized carbons (Fsp3) is 0.353. The third-order valence-electron chi connectivity index (χ3n) is 8.55. The first-order chi connectivity index (χ1) is 19.9. The number of anilines is 1. The van der Waals surface area contributed by atoms with E-state index in [1.165, 1.54) is 0 Å². The SMILES string of the molecule is COc1ccccc1N1CCN(C(=O)C(CC(C)C)N2C(=O)c3ccccc3C2c2cn(C)c3ccccc23)CC1. The number of carbonyl (C=O) groups excluding carboxylic acids is 2. The summed E-state index contributed by atoms with van der Waals surface area (Å²) in [5.41, 5.74) is 4.87. The number of amides is 2. The maximum Gasteiger partial charge on any atom is 0.255 e. The van der Waals surface area contributed by atoms with Crippen LogP contribution in [0.15, 0.2) is 79.0 Å². The number of nitrogens with zero attached hydrogens (tertiary/aromatic N) is 4. The number of methoxy groups -OCH3 is 1. The van der Waals surface area contributed by atoms with Gasteiger partial charge in [-0.25, -0.2) is 0 Å². The van der Waals surface area contributed by atoms with Gasteiger partial charge >= 0.3 is 0 Å². The number of piperazine rings is 1. The van der Waals surface area contributed by atoms with Crippen LogP contribution in [0.5, 0.6) is 5.75 Å². The minimum atomic E-state index is -0.559. The van der Waals surface area contributed by atoms with Crippen LogP contribution < -0.4 is 9.64 Å². The standard InChI is InChI=1S/C34H38N4O3/c1-23(2)21-30(34(40)37-19-17-36(18-20-37)29-15-9-10-16-31(29)41-4)38-32(25-12-5-6-13-26(25)33(38)39)27-22-35(3)28-14-8-7-11-24(27)28/h5-16,22-23,30,32H,17-21H2,1-4H3. The molecule has 1 aromatic heterocycles. The van der Waals surface area contributed by atoms with Crippen LogP contribution >= 0.6 is 0 Å². The second kappa shape index (κ2) is 11.0. The number of hydrogen-bond donors (Lipinski definition) is 0. The second-order valence-electron chi connectivity index (χ2n) is 11.5. The Morgan fingerprint density at radius 3 is 2.34 bits per heavy atom. The quantitative estimate of drug-likeness (QED) is 0.305. The first-order valence-electron chi connectivity index (χ1n) is 14.5. The van der Waals surface area contributed by atoms with Crippen LogP contribution in [-0.4, -0.2) is 65.5 Å². The predicted octanol–water partition coefficient (Wildman–Crippen LogP) is 5.50. The van der Waals surface area contributed by atoms with E-state index < -0.39 is 6.04 Å². The Bertz CT molecular complexity index is 1580. The van der Waals surface area contributed by atoms with Crippen molar-refractivity contribution in [3.8, 4) is 5.75 Å². The molecule has 0 bridgehead atoms. The monoisotopic (exact) mass is 550 g/mol. The molecular formula is C34H38N4O3. The van der Waals surface area contributed by atoms with Crippen molar-refractivity contribution in [2.24, 2.45) is 13.0 Å². The number of fused-ring (bicyclic) bond motifs is 2. The first kappa shape index (κ1) is 26.9. The topological polar surface area (TPSA) is 58.0 Å². The Labute approximate surface area is 241 Å². The van der Waals surface area contributed by atoms with Gasteiger partial charge in [-0.15, -0.1) is 0 Å². The third kappa shape index (κ3) is 4.73. The van der Waals surface area contributed by atoms with Crippen LogP contribution in [-0.2, 0) is 11.8 Å². The lowest BCUT2D eigenvalue weighted by Crippen LogP contribution is -2.56. The molecule has 2 amide bonds. The average molecular weight is 551 g/mol. The highest BCUT2D eigenvalue weighted by molar-refractivity contribution is 6.03. The summed E-state index contributed by atoms with van der Waals surface area (Å²) in [5.74, 6) is 1.04. The smallest absolute Gasteiger partial charge is 0.255 e. The summed E-state index contributed by atoms with van der Waals surface area (Å²) in [4.78, 5) is 34.7. The van der Waals surface area contributed by atoms with E-state index >= 15 is 0 Å². The number of ether oxygens (including phenoxy) is 1. The Hall–Kier alpha value is -4.26. The molecule has 7 heteroatoms. The summed E-state index contributed by atoms with van der Waals surface area (Å²) >= 11 is 0. The van der Waals surface area contributed by atoms with Crippen molar-refractivity contribution in [1.82, 2.24) is 14.4 Å². The molecule has 3 aromatic carbocycles. The number of benzene rings is 3. The van der Waals surface area contributed by atoms with Crippen molar-refractivity contribution in [1.29, 1.82) is 0 Å². The molecule has 212 valence electrons. The van der Waals surface area contributed by atoms with Crippen molar-refractivity contribution in [3.63, 3.8) is 0 Å². The van der Waals surface area contributed by atoms with E-state index in [4.69, 9.17) is 4.74 Å². The summed E-state index contributed by atoms with van der Waals surface area (Å²) in [5, 5.41) is 1.11. The zero-order valence-corrected chi connectivity index (χ0v) is 24.3. The van der Waals surface area contributed by atoms with E-state index in [0.717, 1.165) is 33.5 Å². The lowest BCUT2D eigenvalue weighted by Gasteiger charge is -2.41. The molecule has 41 heavy (non-hydrogen) atoms. The highest BCUT2D eigenvalue weighted by atomic mass is 16.5. The molecule has 2 aliphatic rings. The van der Waals surface area contributed by atoms with Crippen molar-refractivity contribution in [2.75, 3.05) is 38.2 Å². The van der Waals surface area contributed by atoms with E-state index in [-0.39, 0.29) is 23.8 Å². The van der Waals surface area contributed by atoms with E-state index in [0.29, 0.717) is 38.2 Å². The highest BCUT2D eigenvalue weighted by Crippen LogP contribution is 2.44. The van der Waals surface area contributed by atoms with Gasteiger partial charge in [0.2, 0.25) is 5.91 Å². The van der Waals surface area contributed by atoms with Crippen LogP contribution in [0.4, 0.5) is 5.69 Å². The fourth-order valence-electron chi connectivity index (χ4n) is 6.62. The van der Waals surface area contributed by atoms with Gasteiger partial charge in [-0.3, -0.25) is 9.59 Å². The molecule has 0 spiro atoms. The summed E-state index contributed by atoms with van der Waals surface area (Å²) < 4.78 is 7.70. The van der Waals surface area contributed by atoms with Crippen LogP contribution in [0, 0.1) is 5.92 Å². The lowest BCUT2D eigenvalue weighted by molar-refractivity contribution is -0.137. The molecule has 4 aromatic rings. The Kier molecular flexibility index (Phi) is 7.20. The number of hydrogen-bond acceptors (Lipinski definition) is 4. The summed E-state index contributed by atoms with van der Waals surface area (Å²) in [6.45, 7) is 6.86. The normalized spacial score (nSPS) is 17.8. The molecule has 7 nitrogen and oxygen atoms in total. The lowest BCUT2D eigenvalue weighted by atomic mass is 9.94. The van der Waals surface area contributed by atoms with Crippen molar-refractivity contribution >= 4 is 28.4 Å². The molecule has 0 radical (unpaired) electrons. The van der Waals surface area contributed by atoms with Crippen molar-refractivity contribution in [3.05, 3.63) is 95.7 Å². The Morgan fingerprint density at radius 1 is 0.902 bits per heavy atom. The van der Waals surface area contributed by atoms with E-state index in [1.807, 2.05) is 71.4 Å². The van der Waals surface area contributed by atoms with Gasteiger partial charge in [0.25, 0.3) is 5.91 Å². The van der Waals surface area contributed by atoms with Gasteiger partial charge in [-0.05, 0) is 42.2 Å². The predicted molar refractivity (Wildman–Crippen MR) is 162 cm³/mol. The molecule has 2 atom stereocenters. The van der Waals surface area contributed by atoms with Crippen LogP contribution in [0.2, 0.25) is 0 Å². The van der Waals surface area contributed by atoms with Gasteiger partial charge in [0, 0.05) is 61.5 Å². The molecule has 1 fully saturated rings. The summed E-state index contributed by atoms with van der Waals surface area (Å²) in [6.07, 6.45) is 2.73. The Balaban J connectivity index is 1.35. The van der Waals surface area contributed by atoms with Crippen LogP contribution in [0.25, 0.3) is 10.9 Å². The van der Waals surface area contributed by atoms with Gasteiger partial charge in [-0.2, -0.15) is 0 Å². The summed E-state index contributed by atoms with van der Waals surface area (Å²) in [7, 11) is 3.73. The molecule has 1 saturated heterocycles. The molecule has 2 unspecified atom stereocenters. The molecule has 0 N–H and O–H groups in total. The van der Waals surface area contributed by atoms with Gasteiger partial charge in [0.15, 0.2) is 0 Å². The van der Waals surface area contributed by atoms with Gasteiger partial charge in [0.1, 0.15) is 11.8 Å². The number of rotatable bonds is 7. The summed E-state index contributed by atoms with van der Waals surface area (Å²) in [6, 6.07) is 23.3. The number of para-hydroxylation sites is 3. The molecule has 0 saturated carbocycles. The largest absolute Gasteiger partial charge is 0.495 e. The fourth-order valence-corrected chi connectivity index (χ4v) is 6.62. The van der Waals surface area contributed by atoms with Crippen molar-refractivity contribution in [2.45, 2.75) is 32.4 Å². The van der Waals surface area contributed by atoms with Crippen LogP contribution in [0.1, 0.15) is 47.8 Å². The Morgan fingerprint density at radius 2 is 1.59 bits per heavy atom. The maximum atomic E-state index is 14.4. The zero-order chi connectivity index (χ0) is 28.7. The zero-order valence-electron chi connectivity index (χ0n) is 24.3. The number of carbonyl (C=O) groups is 2. The molecule has 0 aliphatic carbocycles. The van der Waals surface area contributed by atoms with Crippen LogP contribution in [0.3, 0.4) is 0 Å². The first-order valence-corrected chi connectivity index (χ1v) is 14.5. The molecule has 6 rings (SSSR count). The van der Waals surface area contributed by atoms with E-state index in [1.54, 1.807) is 7.11 Å². The third-order valence-corrected chi connectivity index (χ3v) is 8.55. The number of aryl methyl sites for hydroxylation is 1. The highest BCUT2D eigenvalue weighted by Gasteiger charge is 2.46. The van der Waals surface area contributed by atoms with Gasteiger partial charge in [-0.1, -0.05) is 62.4 Å². The van der Waals surface area contributed by atoms with Gasteiger partial charge < -0.3 is 24.0 Å².